The molecule has 0 unspecified atom stereocenters. The van der Waals surface area contributed by atoms with Gasteiger partial charge in [0.15, 0.2) is 0 Å². The summed E-state index contributed by atoms with van der Waals surface area (Å²) in [7, 11) is 1.95. The van der Waals surface area contributed by atoms with E-state index >= 15 is 0 Å². The summed E-state index contributed by atoms with van der Waals surface area (Å²) in [6.45, 7) is 4.61. The van der Waals surface area contributed by atoms with Gasteiger partial charge in [-0.15, -0.1) is 0 Å². The minimum atomic E-state index is 0.237. The molecule has 2 rings (SSSR count). The van der Waals surface area contributed by atoms with Crippen LogP contribution in [0.4, 0.5) is 0 Å². The van der Waals surface area contributed by atoms with E-state index in [0.29, 0.717) is 0 Å². The highest BCUT2D eigenvalue weighted by molar-refractivity contribution is 4.90. The van der Waals surface area contributed by atoms with Gasteiger partial charge in [0.25, 0.3) is 0 Å². The van der Waals surface area contributed by atoms with Gasteiger partial charge in [0.1, 0.15) is 0 Å². The van der Waals surface area contributed by atoms with Crippen LogP contribution in [-0.4, -0.2) is 12.7 Å². The van der Waals surface area contributed by atoms with Crippen LogP contribution in [-0.2, 0) is 4.74 Å². The number of methoxy groups -OCH3 is 1. The standard InChI is InChI=1S/C23H44O/c1-4-6-7-8-9-10-20-11-13-21(14-12-20)22-15-18-23(24-3,17-5-2)19-16-22/h20-22H,4-19H2,1-3H3/t20?,21?,22-,23+. The van der Waals surface area contributed by atoms with Crippen LogP contribution in [0.25, 0.3) is 0 Å². The van der Waals surface area contributed by atoms with Crippen LogP contribution in [0.2, 0.25) is 0 Å². The van der Waals surface area contributed by atoms with E-state index in [1.165, 1.54) is 103 Å². The molecule has 0 spiro atoms. The molecule has 0 saturated heterocycles. The van der Waals surface area contributed by atoms with Gasteiger partial charge in [-0.1, -0.05) is 71.6 Å². The Labute approximate surface area is 152 Å². The summed E-state index contributed by atoms with van der Waals surface area (Å²) < 4.78 is 5.94. The van der Waals surface area contributed by atoms with E-state index in [4.69, 9.17) is 4.74 Å². The quantitative estimate of drug-likeness (QED) is 0.375. The number of rotatable bonds is 10. The molecule has 0 heterocycles. The Bertz CT molecular complexity index is 308. The van der Waals surface area contributed by atoms with Crippen molar-refractivity contribution in [1.82, 2.24) is 0 Å². The summed E-state index contributed by atoms with van der Waals surface area (Å²) in [6, 6.07) is 0. The van der Waals surface area contributed by atoms with Crippen molar-refractivity contribution in [1.29, 1.82) is 0 Å². The summed E-state index contributed by atoms with van der Waals surface area (Å²) in [4.78, 5) is 0. The molecule has 142 valence electrons. The first-order chi connectivity index (χ1) is 11.7. The highest BCUT2D eigenvalue weighted by atomic mass is 16.5. The van der Waals surface area contributed by atoms with Crippen molar-refractivity contribution in [2.24, 2.45) is 17.8 Å². The van der Waals surface area contributed by atoms with E-state index in [9.17, 15) is 0 Å². The SMILES string of the molecule is CCCCCCCC1CCC([C@H]2CC[C@@](CCC)(OC)CC2)CC1. The van der Waals surface area contributed by atoms with Gasteiger partial charge < -0.3 is 4.74 Å². The third-order valence-electron chi connectivity index (χ3n) is 7.35. The third kappa shape index (κ3) is 6.04. The number of hydrogen-bond acceptors (Lipinski definition) is 1. The second kappa shape index (κ2) is 10.8. The maximum absolute atomic E-state index is 5.94. The van der Waals surface area contributed by atoms with Crippen LogP contribution in [0.15, 0.2) is 0 Å². The minimum Gasteiger partial charge on any atom is -0.378 e. The average Bonchev–Trinajstić information content (AvgIpc) is 2.63. The second-order valence-electron chi connectivity index (χ2n) is 8.96. The molecule has 0 aliphatic heterocycles. The lowest BCUT2D eigenvalue weighted by Crippen LogP contribution is -2.38. The normalized spacial score (nSPS) is 34.4. The first-order valence-corrected chi connectivity index (χ1v) is 11.3. The average molecular weight is 337 g/mol. The van der Waals surface area contributed by atoms with E-state index in [-0.39, 0.29) is 5.60 Å². The maximum Gasteiger partial charge on any atom is 0.0678 e. The zero-order valence-electron chi connectivity index (χ0n) is 17.0. The first kappa shape index (κ1) is 20.3. The fraction of sp³-hybridized carbons (Fsp3) is 1.00. The molecule has 24 heavy (non-hydrogen) atoms. The smallest absolute Gasteiger partial charge is 0.0678 e. The van der Waals surface area contributed by atoms with Crippen molar-refractivity contribution in [2.75, 3.05) is 7.11 Å². The summed E-state index contributed by atoms with van der Waals surface area (Å²) in [5.74, 6) is 3.11. The van der Waals surface area contributed by atoms with Gasteiger partial charge in [-0.3, -0.25) is 0 Å². The molecule has 0 aromatic heterocycles. The first-order valence-electron chi connectivity index (χ1n) is 11.3. The van der Waals surface area contributed by atoms with Gasteiger partial charge in [-0.2, -0.15) is 0 Å². The molecule has 2 aliphatic rings. The molecule has 2 aliphatic carbocycles. The molecule has 2 fully saturated rings. The van der Waals surface area contributed by atoms with Gasteiger partial charge in [0, 0.05) is 7.11 Å². The van der Waals surface area contributed by atoms with Crippen molar-refractivity contribution >= 4 is 0 Å². The van der Waals surface area contributed by atoms with E-state index in [0.717, 1.165) is 17.8 Å². The van der Waals surface area contributed by atoms with Crippen LogP contribution in [0, 0.1) is 17.8 Å². The molecule has 0 atom stereocenters. The van der Waals surface area contributed by atoms with Gasteiger partial charge in [-0.05, 0) is 62.7 Å². The molecule has 0 radical (unpaired) electrons. The van der Waals surface area contributed by atoms with Crippen LogP contribution >= 0.6 is 0 Å². The van der Waals surface area contributed by atoms with E-state index in [1.807, 2.05) is 7.11 Å². The molecular formula is C23H44O. The van der Waals surface area contributed by atoms with E-state index in [1.54, 1.807) is 0 Å². The molecule has 0 aromatic carbocycles. The lowest BCUT2D eigenvalue weighted by molar-refractivity contribution is -0.0629. The molecule has 1 heteroatoms. The lowest BCUT2D eigenvalue weighted by atomic mass is 9.67. The summed E-state index contributed by atoms with van der Waals surface area (Å²) in [5, 5.41) is 0. The molecule has 0 aromatic rings. The topological polar surface area (TPSA) is 9.23 Å². The summed E-state index contributed by atoms with van der Waals surface area (Å²) in [5.41, 5.74) is 0.237. The molecule has 0 amide bonds. The van der Waals surface area contributed by atoms with Crippen molar-refractivity contribution in [3.63, 3.8) is 0 Å². The lowest BCUT2D eigenvalue weighted by Gasteiger charge is -2.43. The minimum absolute atomic E-state index is 0.237. The number of ether oxygens (including phenoxy) is 1. The van der Waals surface area contributed by atoms with Crippen molar-refractivity contribution < 1.29 is 4.74 Å². The van der Waals surface area contributed by atoms with Crippen molar-refractivity contribution in [3.8, 4) is 0 Å². The van der Waals surface area contributed by atoms with Crippen molar-refractivity contribution in [3.05, 3.63) is 0 Å². The predicted octanol–water partition coefficient (Wildman–Crippen LogP) is 7.53. The Balaban J connectivity index is 1.63. The van der Waals surface area contributed by atoms with E-state index in [2.05, 4.69) is 13.8 Å². The van der Waals surface area contributed by atoms with Crippen LogP contribution in [0.5, 0.6) is 0 Å². The van der Waals surface area contributed by atoms with Gasteiger partial charge in [0.05, 0.1) is 5.60 Å². The fourth-order valence-electron chi connectivity index (χ4n) is 5.63. The number of unbranched alkanes of at least 4 members (excludes halogenated alkanes) is 4. The highest BCUT2D eigenvalue weighted by Crippen LogP contribution is 2.45. The maximum atomic E-state index is 5.94. The zero-order valence-corrected chi connectivity index (χ0v) is 17.0. The summed E-state index contributed by atoms with van der Waals surface area (Å²) in [6.07, 6.45) is 22.9. The second-order valence-corrected chi connectivity index (χ2v) is 8.96. The highest BCUT2D eigenvalue weighted by Gasteiger charge is 2.37. The molecule has 0 bridgehead atoms. The molecule has 0 N–H and O–H groups in total. The Kier molecular flexibility index (Phi) is 9.16. The van der Waals surface area contributed by atoms with Crippen LogP contribution < -0.4 is 0 Å². The van der Waals surface area contributed by atoms with Crippen LogP contribution in [0.1, 0.15) is 117 Å². The zero-order chi connectivity index (χ0) is 17.3. The molecular weight excluding hydrogens is 292 g/mol. The Hall–Kier alpha value is -0.0400. The van der Waals surface area contributed by atoms with Crippen molar-refractivity contribution in [2.45, 2.75) is 122 Å². The molecule has 2 saturated carbocycles. The van der Waals surface area contributed by atoms with Gasteiger partial charge in [-0.25, -0.2) is 0 Å². The van der Waals surface area contributed by atoms with Gasteiger partial charge >= 0.3 is 0 Å². The largest absolute Gasteiger partial charge is 0.378 e. The van der Waals surface area contributed by atoms with E-state index < -0.39 is 0 Å². The Morgan fingerprint density at radius 1 is 0.750 bits per heavy atom. The number of hydrogen-bond donors (Lipinski definition) is 0. The summed E-state index contributed by atoms with van der Waals surface area (Å²) >= 11 is 0. The van der Waals surface area contributed by atoms with Gasteiger partial charge in [0.2, 0.25) is 0 Å². The molecule has 1 nitrogen and oxygen atoms in total. The van der Waals surface area contributed by atoms with Crippen LogP contribution in [0.3, 0.4) is 0 Å². The predicted molar refractivity (Wildman–Crippen MR) is 105 cm³/mol. The Morgan fingerprint density at radius 2 is 1.38 bits per heavy atom. The monoisotopic (exact) mass is 336 g/mol. The Morgan fingerprint density at radius 3 is 1.96 bits per heavy atom. The fourth-order valence-corrected chi connectivity index (χ4v) is 5.63. The third-order valence-corrected chi connectivity index (χ3v) is 7.35.